The number of aromatic nitrogens is 1. The van der Waals surface area contributed by atoms with E-state index in [1.165, 1.54) is 7.11 Å². The molecule has 1 aliphatic rings. The number of carbonyl (C=O) groups is 3. The SMILES string of the molecule is CCOC(=O)c1c2c(n3ccc(OC)cc13)C(=O)C(C)=C(C)C2=O. The molecule has 0 saturated heterocycles. The number of pyridine rings is 1. The predicted octanol–water partition coefficient (Wildman–Crippen LogP) is 2.84. The highest BCUT2D eigenvalue weighted by Gasteiger charge is 2.37. The van der Waals surface area contributed by atoms with Gasteiger partial charge in [-0.2, -0.15) is 0 Å². The maximum absolute atomic E-state index is 12.8. The number of allylic oxidation sites excluding steroid dienone is 2. The number of carbonyl (C=O) groups excluding carboxylic acids is 3. The molecule has 124 valence electrons. The second kappa shape index (κ2) is 5.63. The van der Waals surface area contributed by atoms with Gasteiger partial charge in [-0.15, -0.1) is 0 Å². The first-order valence-corrected chi connectivity index (χ1v) is 7.58. The van der Waals surface area contributed by atoms with Crippen LogP contribution in [0.15, 0.2) is 29.5 Å². The van der Waals surface area contributed by atoms with Gasteiger partial charge in [0.1, 0.15) is 11.4 Å². The summed E-state index contributed by atoms with van der Waals surface area (Å²) in [5.74, 6) is -0.701. The molecule has 2 aromatic rings. The molecule has 0 fully saturated rings. The third kappa shape index (κ3) is 2.06. The van der Waals surface area contributed by atoms with Crippen LogP contribution >= 0.6 is 0 Å². The van der Waals surface area contributed by atoms with Crippen LogP contribution in [0, 0.1) is 0 Å². The van der Waals surface area contributed by atoms with Crippen molar-refractivity contribution in [2.24, 2.45) is 0 Å². The van der Waals surface area contributed by atoms with Crippen molar-refractivity contribution in [1.82, 2.24) is 4.40 Å². The third-order valence-corrected chi connectivity index (χ3v) is 4.31. The maximum Gasteiger partial charge on any atom is 0.341 e. The summed E-state index contributed by atoms with van der Waals surface area (Å²) in [5.41, 5.74) is 1.57. The van der Waals surface area contributed by atoms with E-state index in [0.29, 0.717) is 22.4 Å². The second-order valence-electron chi connectivity index (χ2n) is 5.55. The number of nitrogens with zero attached hydrogens (tertiary/aromatic N) is 1. The van der Waals surface area contributed by atoms with Crippen molar-refractivity contribution >= 4 is 23.1 Å². The van der Waals surface area contributed by atoms with Crippen molar-refractivity contribution in [2.45, 2.75) is 20.8 Å². The smallest absolute Gasteiger partial charge is 0.341 e. The fourth-order valence-corrected chi connectivity index (χ4v) is 2.92. The fourth-order valence-electron chi connectivity index (χ4n) is 2.92. The highest BCUT2D eigenvalue weighted by molar-refractivity contribution is 6.30. The zero-order valence-corrected chi connectivity index (χ0v) is 13.9. The van der Waals surface area contributed by atoms with E-state index in [9.17, 15) is 14.4 Å². The molecule has 0 saturated carbocycles. The average Bonchev–Trinajstić information content (AvgIpc) is 2.92. The molecular formula is C18H17NO5. The molecule has 0 atom stereocenters. The van der Waals surface area contributed by atoms with Crippen LogP contribution in [0.1, 0.15) is 52.0 Å². The minimum atomic E-state index is -0.627. The van der Waals surface area contributed by atoms with Crippen LogP contribution in [-0.4, -0.2) is 35.7 Å². The van der Waals surface area contributed by atoms with E-state index in [4.69, 9.17) is 9.47 Å². The Morgan fingerprint density at radius 3 is 2.46 bits per heavy atom. The number of rotatable bonds is 3. The average molecular weight is 327 g/mol. The van der Waals surface area contributed by atoms with E-state index in [1.54, 1.807) is 43.5 Å². The Labute approximate surface area is 138 Å². The summed E-state index contributed by atoms with van der Waals surface area (Å²) in [5, 5.41) is 0. The number of fused-ring (bicyclic) bond motifs is 3. The lowest BCUT2D eigenvalue weighted by Crippen LogP contribution is -2.22. The zero-order valence-electron chi connectivity index (χ0n) is 13.9. The van der Waals surface area contributed by atoms with Gasteiger partial charge in [-0.1, -0.05) is 0 Å². The summed E-state index contributed by atoms with van der Waals surface area (Å²) in [6, 6.07) is 3.29. The minimum absolute atomic E-state index is 0.106. The normalized spacial score (nSPS) is 14.2. The van der Waals surface area contributed by atoms with E-state index in [0.717, 1.165) is 0 Å². The molecule has 0 radical (unpaired) electrons. The third-order valence-electron chi connectivity index (χ3n) is 4.31. The number of hydrogen-bond acceptors (Lipinski definition) is 5. The molecule has 6 heteroatoms. The van der Waals surface area contributed by atoms with E-state index in [1.807, 2.05) is 0 Å². The first-order chi connectivity index (χ1) is 11.4. The van der Waals surface area contributed by atoms with Crippen molar-refractivity contribution in [1.29, 1.82) is 0 Å². The summed E-state index contributed by atoms with van der Waals surface area (Å²) < 4.78 is 11.9. The highest BCUT2D eigenvalue weighted by atomic mass is 16.5. The predicted molar refractivity (Wildman–Crippen MR) is 86.9 cm³/mol. The Bertz CT molecular complexity index is 933. The van der Waals surface area contributed by atoms with Crippen molar-refractivity contribution in [2.75, 3.05) is 13.7 Å². The monoisotopic (exact) mass is 327 g/mol. The van der Waals surface area contributed by atoms with E-state index >= 15 is 0 Å². The van der Waals surface area contributed by atoms with Gasteiger partial charge in [0, 0.05) is 23.4 Å². The Morgan fingerprint density at radius 2 is 1.83 bits per heavy atom. The van der Waals surface area contributed by atoms with Crippen LogP contribution in [0.2, 0.25) is 0 Å². The molecule has 6 nitrogen and oxygen atoms in total. The van der Waals surface area contributed by atoms with Crippen LogP contribution in [0.3, 0.4) is 0 Å². The van der Waals surface area contributed by atoms with Crippen LogP contribution in [0.25, 0.3) is 5.52 Å². The molecule has 24 heavy (non-hydrogen) atoms. The molecule has 0 bridgehead atoms. The van der Waals surface area contributed by atoms with Gasteiger partial charge in [0.25, 0.3) is 0 Å². The molecule has 0 amide bonds. The first-order valence-electron chi connectivity index (χ1n) is 7.58. The molecule has 3 rings (SSSR count). The highest BCUT2D eigenvalue weighted by Crippen LogP contribution is 2.34. The van der Waals surface area contributed by atoms with Gasteiger partial charge in [-0.05, 0) is 26.8 Å². The quantitative estimate of drug-likeness (QED) is 0.811. The van der Waals surface area contributed by atoms with Gasteiger partial charge in [0.05, 0.1) is 30.4 Å². The van der Waals surface area contributed by atoms with Crippen LogP contribution in [0.5, 0.6) is 5.75 Å². The number of ketones is 2. The topological polar surface area (TPSA) is 74.1 Å². The summed E-state index contributed by atoms with van der Waals surface area (Å²) in [4.78, 5) is 38.0. The van der Waals surface area contributed by atoms with Crippen LogP contribution in [0.4, 0.5) is 0 Å². The standard InChI is InChI=1S/C18H17NO5/c1-5-24-18(22)13-12-8-11(23-4)6-7-19(12)15-14(13)16(20)9(2)10(3)17(15)21/h6-8H,5H2,1-4H3. The van der Waals surface area contributed by atoms with Gasteiger partial charge in [-0.25, -0.2) is 4.79 Å². The molecule has 0 aromatic carbocycles. The Hall–Kier alpha value is -2.89. The molecule has 0 aliphatic heterocycles. The second-order valence-corrected chi connectivity index (χ2v) is 5.55. The van der Waals surface area contributed by atoms with Gasteiger partial charge in [0.15, 0.2) is 5.78 Å². The zero-order chi connectivity index (χ0) is 17.6. The summed E-state index contributed by atoms with van der Waals surface area (Å²) in [6.07, 6.45) is 1.62. The van der Waals surface area contributed by atoms with Gasteiger partial charge >= 0.3 is 5.97 Å². The Kier molecular flexibility index (Phi) is 3.75. The van der Waals surface area contributed by atoms with Crippen molar-refractivity contribution in [3.8, 4) is 5.75 Å². The maximum atomic E-state index is 12.8. The van der Waals surface area contributed by atoms with Crippen molar-refractivity contribution in [3.05, 3.63) is 46.3 Å². The van der Waals surface area contributed by atoms with Crippen LogP contribution < -0.4 is 4.74 Å². The van der Waals surface area contributed by atoms with E-state index in [-0.39, 0.29) is 35.0 Å². The number of methoxy groups -OCH3 is 1. The van der Waals surface area contributed by atoms with Crippen LogP contribution in [-0.2, 0) is 4.74 Å². The largest absolute Gasteiger partial charge is 0.497 e. The molecule has 0 N–H and O–H groups in total. The lowest BCUT2D eigenvalue weighted by Gasteiger charge is -2.14. The number of esters is 1. The van der Waals surface area contributed by atoms with Gasteiger partial charge in [0.2, 0.25) is 5.78 Å². The van der Waals surface area contributed by atoms with E-state index in [2.05, 4.69) is 0 Å². The number of hydrogen-bond donors (Lipinski definition) is 0. The summed E-state index contributed by atoms with van der Waals surface area (Å²) >= 11 is 0. The van der Waals surface area contributed by atoms with E-state index < -0.39 is 5.97 Å². The molecule has 2 heterocycles. The van der Waals surface area contributed by atoms with Gasteiger partial charge in [-0.3, -0.25) is 9.59 Å². The van der Waals surface area contributed by atoms with Gasteiger partial charge < -0.3 is 13.9 Å². The molecular weight excluding hydrogens is 310 g/mol. The lowest BCUT2D eigenvalue weighted by molar-refractivity contribution is 0.0526. The van der Waals surface area contributed by atoms with Crippen molar-refractivity contribution < 1.29 is 23.9 Å². The summed E-state index contributed by atoms with van der Waals surface area (Å²) in [6.45, 7) is 5.07. The Balaban J connectivity index is 2.43. The number of Topliss-reactive ketones (excluding diaryl/α,β-unsaturated/α-hetero) is 2. The number of ether oxygens (including phenoxy) is 2. The van der Waals surface area contributed by atoms with Crippen molar-refractivity contribution in [3.63, 3.8) is 0 Å². The minimum Gasteiger partial charge on any atom is -0.497 e. The molecule has 0 spiro atoms. The lowest BCUT2D eigenvalue weighted by atomic mass is 9.88. The molecule has 2 aromatic heterocycles. The first kappa shape index (κ1) is 16.0. The Morgan fingerprint density at radius 1 is 1.17 bits per heavy atom. The molecule has 0 unspecified atom stereocenters. The molecule has 1 aliphatic carbocycles. The summed E-state index contributed by atoms with van der Waals surface area (Å²) in [7, 11) is 1.50. The fraction of sp³-hybridized carbons (Fsp3) is 0.278.